The molecule has 0 saturated carbocycles. The molecule has 10 heteroatoms. The molecule has 274 valence electrons. The Morgan fingerprint density at radius 3 is 1.58 bits per heavy atom. The molecule has 4 aromatic carbocycles. The third-order valence-corrected chi connectivity index (χ3v) is 8.94. The number of carbonyl (C=O) groups is 4. The van der Waals surface area contributed by atoms with Crippen LogP contribution in [-0.2, 0) is 14.3 Å². The van der Waals surface area contributed by atoms with Crippen LogP contribution in [0.15, 0.2) is 91.0 Å². The van der Waals surface area contributed by atoms with Crippen LogP contribution in [0.5, 0.6) is 17.2 Å². The Kier molecular flexibility index (Phi) is 16.2. The Morgan fingerprint density at radius 2 is 1.06 bits per heavy atom. The molecule has 0 fully saturated rings. The summed E-state index contributed by atoms with van der Waals surface area (Å²) in [5, 5.41) is 0. The van der Waals surface area contributed by atoms with Gasteiger partial charge in [0.2, 0.25) is 0 Å². The van der Waals surface area contributed by atoms with E-state index in [-0.39, 0.29) is 29.2 Å². The molecular formula is C42H45IO9. The average Bonchev–Trinajstić information content (AvgIpc) is 3.15. The Bertz CT molecular complexity index is 1770. The van der Waals surface area contributed by atoms with Crippen LogP contribution in [0.25, 0.3) is 11.1 Å². The lowest BCUT2D eigenvalue weighted by atomic mass is 10.0. The molecule has 0 bridgehead atoms. The fourth-order valence-electron chi connectivity index (χ4n) is 5.05. The van der Waals surface area contributed by atoms with E-state index in [1.807, 2.05) is 24.3 Å². The standard InChI is InChI=1S/C42H45IO9/c1-4-6-8-10-26-48-38-25-20-34(28-37(38)43)30-12-14-31(15-13-30)41(46)51-36-23-18-33(19-24-36)42(47)52-35-21-16-32(17-22-35)40(45)50-29(3)39(44)49-27-11-9-7-5-2/h12-25,28-29H,4-11,26-27H2,1-3H3. The molecule has 52 heavy (non-hydrogen) atoms. The van der Waals surface area contributed by atoms with Crippen molar-refractivity contribution in [1.82, 2.24) is 0 Å². The first kappa shape index (κ1) is 40.1. The van der Waals surface area contributed by atoms with E-state index >= 15 is 0 Å². The number of rotatable bonds is 19. The van der Waals surface area contributed by atoms with Crippen LogP contribution in [0.4, 0.5) is 0 Å². The SMILES string of the molecule is CCCCCCOC(=O)C(C)OC(=O)c1ccc(OC(=O)c2ccc(OC(=O)c3ccc(-c4ccc(OCCCCCC)c(I)c4)cc3)cc2)cc1. The Balaban J connectivity index is 1.24. The molecule has 0 heterocycles. The largest absolute Gasteiger partial charge is 0.492 e. The molecule has 0 N–H and O–H groups in total. The van der Waals surface area contributed by atoms with E-state index < -0.39 is 30.0 Å². The first-order valence-electron chi connectivity index (χ1n) is 17.7. The summed E-state index contributed by atoms with van der Waals surface area (Å²) < 4.78 is 28.3. The van der Waals surface area contributed by atoms with Crippen LogP contribution < -0.4 is 14.2 Å². The Hall–Kier alpha value is -4.71. The molecule has 1 unspecified atom stereocenters. The van der Waals surface area contributed by atoms with Crippen LogP contribution in [0.1, 0.15) is 103 Å². The van der Waals surface area contributed by atoms with Crippen molar-refractivity contribution in [2.24, 2.45) is 0 Å². The van der Waals surface area contributed by atoms with Gasteiger partial charge < -0.3 is 23.7 Å². The quantitative estimate of drug-likeness (QED) is 0.0395. The summed E-state index contributed by atoms with van der Waals surface area (Å²) in [6.45, 7) is 6.74. The van der Waals surface area contributed by atoms with E-state index in [0.717, 1.165) is 52.6 Å². The molecule has 0 spiro atoms. The van der Waals surface area contributed by atoms with Gasteiger partial charge in [-0.15, -0.1) is 0 Å². The molecule has 0 amide bonds. The highest BCUT2D eigenvalue weighted by atomic mass is 127. The van der Waals surface area contributed by atoms with Crippen LogP contribution in [0, 0.1) is 3.57 Å². The van der Waals surface area contributed by atoms with Gasteiger partial charge in [0.05, 0.1) is 33.5 Å². The van der Waals surface area contributed by atoms with Gasteiger partial charge in [-0.2, -0.15) is 0 Å². The Labute approximate surface area is 319 Å². The van der Waals surface area contributed by atoms with E-state index in [1.165, 1.54) is 74.7 Å². The van der Waals surface area contributed by atoms with Crippen molar-refractivity contribution in [1.29, 1.82) is 0 Å². The highest BCUT2D eigenvalue weighted by Crippen LogP contribution is 2.29. The van der Waals surface area contributed by atoms with Crippen LogP contribution in [-0.4, -0.2) is 43.2 Å². The second-order valence-corrected chi connectivity index (χ2v) is 13.4. The van der Waals surface area contributed by atoms with E-state index in [9.17, 15) is 19.2 Å². The molecule has 0 aliphatic heterocycles. The van der Waals surface area contributed by atoms with Gasteiger partial charge >= 0.3 is 23.9 Å². The average molecular weight is 821 g/mol. The lowest BCUT2D eigenvalue weighted by Crippen LogP contribution is -2.26. The molecule has 0 saturated heterocycles. The maximum atomic E-state index is 12.8. The number of hydrogen-bond donors (Lipinski definition) is 0. The second-order valence-electron chi connectivity index (χ2n) is 12.2. The van der Waals surface area contributed by atoms with E-state index in [4.69, 9.17) is 23.7 Å². The monoisotopic (exact) mass is 820 g/mol. The normalized spacial score (nSPS) is 11.3. The van der Waals surface area contributed by atoms with Crippen molar-refractivity contribution in [2.75, 3.05) is 13.2 Å². The zero-order valence-electron chi connectivity index (χ0n) is 29.9. The third-order valence-electron chi connectivity index (χ3n) is 8.10. The predicted molar refractivity (Wildman–Crippen MR) is 207 cm³/mol. The minimum atomic E-state index is -1.05. The molecular weight excluding hydrogens is 775 g/mol. The minimum Gasteiger partial charge on any atom is -0.492 e. The smallest absolute Gasteiger partial charge is 0.347 e. The predicted octanol–water partition coefficient (Wildman–Crippen LogP) is 10.0. The van der Waals surface area contributed by atoms with E-state index in [0.29, 0.717) is 12.2 Å². The zero-order chi connectivity index (χ0) is 37.3. The van der Waals surface area contributed by atoms with E-state index in [2.05, 4.69) is 42.5 Å². The summed E-state index contributed by atoms with van der Waals surface area (Å²) in [6, 6.07) is 25.0. The summed E-state index contributed by atoms with van der Waals surface area (Å²) in [6.07, 6.45) is 7.45. The molecule has 0 aliphatic rings. The molecule has 4 aromatic rings. The summed E-state index contributed by atoms with van der Waals surface area (Å²) in [5.41, 5.74) is 2.78. The first-order chi connectivity index (χ1) is 25.2. The van der Waals surface area contributed by atoms with E-state index in [1.54, 1.807) is 12.1 Å². The van der Waals surface area contributed by atoms with Crippen molar-refractivity contribution in [3.63, 3.8) is 0 Å². The maximum Gasteiger partial charge on any atom is 0.347 e. The molecule has 4 rings (SSSR count). The van der Waals surface area contributed by atoms with Gasteiger partial charge in [0.15, 0.2) is 6.10 Å². The molecule has 9 nitrogen and oxygen atoms in total. The van der Waals surface area contributed by atoms with Gasteiger partial charge in [0.1, 0.15) is 17.2 Å². The number of hydrogen-bond acceptors (Lipinski definition) is 9. The zero-order valence-corrected chi connectivity index (χ0v) is 32.0. The minimum absolute atomic E-state index is 0.186. The highest BCUT2D eigenvalue weighted by Gasteiger charge is 2.21. The number of halogens is 1. The number of unbranched alkanes of at least 4 members (excludes halogenated alkanes) is 6. The summed E-state index contributed by atoms with van der Waals surface area (Å²) in [4.78, 5) is 50.2. The van der Waals surface area contributed by atoms with Crippen molar-refractivity contribution >= 4 is 46.5 Å². The van der Waals surface area contributed by atoms with Crippen molar-refractivity contribution in [3.8, 4) is 28.4 Å². The van der Waals surface area contributed by atoms with Gasteiger partial charge in [0, 0.05) is 0 Å². The van der Waals surface area contributed by atoms with Gasteiger partial charge in [-0.05, 0) is 126 Å². The first-order valence-corrected chi connectivity index (χ1v) is 18.8. The van der Waals surface area contributed by atoms with Crippen LogP contribution in [0.2, 0.25) is 0 Å². The highest BCUT2D eigenvalue weighted by molar-refractivity contribution is 14.1. The number of ether oxygens (including phenoxy) is 5. The molecule has 1 atom stereocenters. The van der Waals surface area contributed by atoms with Gasteiger partial charge in [0.25, 0.3) is 0 Å². The van der Waals surface area contributed by atoms with Gasteiger partial charge in [-0.3, -0.25) is 0 Å². The van der Waals surface area contributed by atoms with Crippen LogP contribution in [0.3, 0.4) is 0 Å². The Morgan fingerprint density at radius 1 is 0.577 bits per heavy atom. The molecule has 0 aromatic heterocycles. The maximum absolute atomic E-state index is 12.8. The third kappa shape index (κ3) is 12.5. The number of benzene rings is 4. The fraction of sp³-hybridized carbons (Fsp3) is 0.333. The molecule has 0 radical (unpaired) electrons. The lowest BCUT2D eigenvalue weighted by Gasteiger charge is -2.13. The summed E-state index contributed by atoms with van der Waals surface area (Å²) >= 11 is 2.28. The topological polar surface area (TPSA) is 114 Å². The van der Waals surface area contributed by atoms with Gasteiger partial charge in [-0.25, -0.2) is 19.2 Å². The van der Waals surface area contributed by atoms with Crippen molar-refractivity contribution in [3.05, 3.63) is 111 Å². The van der Waals surface area contributed by atoms with Crippen molar-refractivity contribution < 1.29 is 42.9 Å². The summed E-state index contributed by atoms with van der Waals surface area (Å²) in [5.74, 6) is -1.13. The summed E-state index contributed by atoms with van der Waals surface area (Å²) in [7, 11) is 0. The van der Waals surface area contributed by atoms with Crippen molar-refractivity contribution in [2.45, 2.75) is 78.2 Å². The van der Waals surface area contributed by atoms with Gasteiger partial charge in [-0.1, -0.05) is 70.6 Å². The van der Waals surface area contributed by atoms with Crippen LogP contribution >= 0.6 is 22.6 Å². The fourth-order valence-corrected chi connectivity index (χ4v) is 5.72. The number of esters is 4. The lowest BCUT2D eigenvalue weighted by molar-refractivity contribution is -0.153. The molecule has 0 aliphatic carbocycles. The number of carbonyl (C=O) groups excluding carboxylic acids is 4. The second kappa shape index (κ2) is 21.0.